The van der Waals surface area contributed by atoms with Crippen LogP contribution >= 0.6 is 0 Å². The maximum Gasteiger partial charge on any atom is 0.340 e. The van der Waals surface area contributed by atoms with Crippen LogP contribution in [-0.4, -0.2) is 60.2 Å². The predicted octanol–water partition coefficient (Wildman–Crippen LogP) is 1.84. The lowest BCUT2D eigenvalue weighted by atomic mass is 9.82. The van der Waals surface area contributed by atoms with E-state index in [9.17, 15) is 19.2 Å². The third kappa shape index (κ3) is 3.70. The SMILES string of the molecule is C[C@H]1CN(C(=O)COC(=O)c2ccc3c(c2N)C(=O)c2ccccc2C3=O)C[C@H](C)O1. The second-order valence-corrected chi connectivity index (χ2v) is 7.79. The van der Waals surface area contributed by atoms with Gasteiger partial charge in [-0.1, -0.05) is 24.3 Å². The van der Waals surface area contributed by atoms with Crippen LogP contribution in [0.3, 0.4) is 0 Å². The number of nitrogens with two attached hydrogens (primary N) is 1. The van der Waals surface area contributed by atoms with Gasteiger partial charge >= 0.3 is 5.97 Å². The van der Waals surface area contributed by atoms with E-state index in [2.05, 4.69) is 0 Å². The van der Waals surface area contributed by atoms with Crippen LogP contribution in [0.5, 0.6) is 0 Å². The van der Waals surface area contributed by atoms with Gasteiger partial charge in [-0.05, 0) is 26.0 Å². The number of nitrogens with zero attached hydrogens (tertiary/aromatic N) is 1. The normalized spacial score (nSPS) is 20.1. The number of ether oxygens (including phenoxy) is 2. The number of ketones is 2. The molecule has 4 rings (SSSR count). The number of benzene rings is 2. The molecule has 1 amide bonds. The van der Waals surface area contributed by atoms with Gasteiger partial charge in [-0.25, -0.2) is 4.79 Å². The number of morpholine rings is 1. The highest BCUT2D eigenvalue weighted by atomic mass is 16.5. The molecular formula is C23H22N2O6. The van der Waals surface area contributed by atoms with E-state index in [0.29, 0.717) is 18.7 Å². The molecule has 8 heteroatoms. The number of amides is 1. The fraction of sp³-hybridized carbons (Fsp3) is 0.304. The third-order valence-electron chi connectivity index (χ3n) is 5.45. The lowest BCUT2D eigenvalue weighted by Crippen LogP contribution is -2.49. The first kappa shape index (κ1) is 20.7. The fourth-order valence-corrected chi connectivity index (χ4v) is 4.07. The lowest BCUT2D eigenvalue weighted by molar-refractivity contribution is -0.146. The largest absolute Gasteiger partial charge is 0.452 e. The first-order valence-electron chi connectivity index (χ1n) is 9.99. The average Bonchev–Trinajstić information content (AvgIpc) is 2.74. The molecule has 0 saturated carbocycles. The molecule has 0 aromatic heterocycles. The van der Waals surface area contributed by atoms with Crippen LogP contribution in [0.15, 0.2) is 36.4 Å². The van der Waals surface area contributed by atoms with Gasteiger partial charge in [-0.2, -0.15) is 0 Å². The number of hydrogen-bond donors (Lipinski definition) is 1. The topological polar surface area (TPSA) is 116 Å². The van der Waals surface area contributed by atoms with E-state index >= 15 is 0 Å². The van der Waals surface area contributed by atoms with Crippen LogP contribution in [0.25, 0.3) is 0 Å². The summed E-state index contributed by atoms with van der Waals surface area (Å²) < 4.78 is 10.8. The molecule has 0 spiro atoms. The van der Waals surface area contributed by atoms with Gasteiger partial charge in [0.2, 0.25) is 0 Å². The highest BCUT2D eigenvalue weighted by molar-refractivity contribution is 6.30. The predicted molar refractivity (Wildman–Crippen MR) is 111 cm³/mol. The van der Waals surface area contributed by atoms with Crippen molar-refractivity contribution in [2.24, 2.45) is 0 Å². The Hall–Kier alpha value is -3.52. The van der Waals surface area contributed by atoms with Crippen LogP contribution in [-0.2, 0) is 14.3 Å². The summed E-state index contributed by atoms with van der Waals surface area (Å²) in [6, 6.07) is 9.20. The summed E-state index contributed by atoms with van der Waals surface area (Å²) in [5.41, 5.74) is 6.60. The molecule has 2 aliphatic rings. The summed E-state index contributed by atoms with van der Waals surface area (Å²) in [7, 11) is 0. The van der Waals surface area contributed by atoms with E-state index in [4.69, 9.17) is 15.2 Å². The average molecular weight is 422 g/mol. The second kappa shape index (κ2) is 7.96. The first-order valence-corrected chi connectivity index (χ1v) is 9.99. The summed E-state index contributed by atoms with van der Waals surface area (Å²) in [4.78, 5) is 52.3. The zero-order chi connectivity index (χ0) is 22.3. The van der Waals surface area contributed by atoms with Crippen LogP contribution in [0, 0.1) is 0 Å². The van der Waals surface area contributed by atoms with E-state index in [-0.39, 0.29) is 51.8 Å². The standard InChI is InChI=1S/C23H22N2O6/c1-12-9-25(10-13(2)31-12)18(26)11-30-23(29)17-8-7-16-19(20(17)24)22(28)15-6-4-3-5-14(15)21(16)27/h3-8,12-13H,9-11,24H2,1-2H3/t12-,13-/m0/s1. The minimum atomic E-state index is -0.831. The van der Waals surface area contributed by atoms with Gasteiger partial charge in [0.15, 0.2) is 18.2 Å². The number of esters is 1. The van der Waals surface area contributed by atoms with Crippen molar-refractivity contribution in [3.05, 3.63) is 64.2 Å². The van der Waals surface area contributed by atoms with E-state index in [1.54, 1.807) is 29.2 Å². The van der Waals surface area contributed by atoms with Crippen molar-refractivity contribution in [3.8, 4) is 0 Å². The molecule has 2 aromatic rings. The van der Waals surface area contributed by atoms with E-state index < -0.39 is 18.4 Å². The van der Waals surface area contributed by atoms with Crippen LogP contribution in [0.4, 0.5) is 5.69 Å². The van der Waals surface area contributed by atoms with Crippen LogP contribution in [0.1, 0.15) is 56.0 Å². The summed E-state index contributed by atoms with van der Waals surface area (Å²) in [6.07, 6.45) is -0.211. The molecule has 160 valence electrons. The van der Waals surface area contributed by atoms with E-state index in [1.165, 1.54) is 12.1 Å². The van der Waals surface area contributed by atoms with E-state index in [1.807, 2.05) is 13.8 Å². The fourth-order valence-electron chi connectivity index (χ4n) is 4.07. The van der Waals surface area contributed by atoms with Crippen molar-refractivity contribution >= 4 is 29.1 Å². The van der Waals surface area contributed by atoms with Crippen molar-refractivity contribution < 1.29 is 28.7 Å². The van der Waals surface area contributed by atoms with Gasteiger partial charge in [0.25, 0.3) is 5.91 Å². The molecule has 0 unspecified atom stereocenters. The summed E-state index contributed by atoms with van der Waals surface area (Å²) >= 11 is 0. The monoisotopic (exact) mass is 422 g/mol. The molecular weight excluding hydrogens is 400 g/mol. The van der Waals surface area contributed by atoms with Gasteiger partial charge in [-0.3, -0.25) is 14.4 Å². The van der Waals surface area contributed by atoms with Crippen molar-refractivity contribution in [3.63, 3.8) is 0 Å². The Morgan fingerprint density at radius 1 is 1.00 bits per heavy atom. The summed E-state index contributed by atoms with van der Waals surface area (Å²) in [6.45, 7) is 4.11. The zero-order valence-corrected chi connectivity index (χ0v) is 17.2. The number of carbonyl (C=O) groups is 4. The number of nitrogen functional groups attached to an aromatic ring is 1. The summed E-state index contributed by atoms with van der Waals surface area (Å²) in [5.74, 6) is -1.93. The molecule has 2 atom stereocenters. The maximum atomic E-state index is 12.9. The maximum absolute atomic E-state index is 12.9. The summed E-state index contributed by atoms with van der Waals surface area (Å²) in [5, 5.41) is 0. The van der Waals surface area contributed by atoms with Crippen LogP contribution in [0.2, 0.25) is 0 Å². The minimum Gasteiger partial charge on any atom is -0.452 e. The molecule has 2 aromatic carbocycles. The van der Waals surface area contributed by atoms with Gasteiger partial charge in [0, 0.05) is 29.8 Å². The smallest absolute Gasteiger partial charge is 0.340 e. The van der Waals surface area contributed by atoms with Gasteiger partial charge in [0.1, 0.15) is 0 Å². The number of rotatable bonds is 3. The first-order chi connectivity index (χ1) is 14.8. The van der Waals surface area contributed by atoms with Gasteiger partial charge in [0.05, 0.1) is 29.0 Å². The van der Waals surface area contributed by atoms with Crippen molar-refractivity contribution in [2.75, 3.05) is 25.4 Å². The van der Waals surface area contributed by atoms with Crippen molar-refractivity contribution in [1.82, 2.24) is 4.90 Å². The molecule has 8 nitrogen and oxygen atoms in total. The number of carbonyl (C=O) groups excluding carboxylic acids is 4. The minimum absolute atomic E-state index is 0.0136. The molecule has 1 fully saturated rings. The Morgan fingerprint density at radius 3 is 2.26 bits per heavy atom. The molecule has 1 heterocycles. The molecule has 2 N–H and O–H groups in total. The van der Waals surface area contributed by atoms with Gasteiger partial charge in [-0.15, -0.1) is 0 Å². The molecule has 1 saturated heterocycles. The van der Waals surface area contributed by atoms with Crippen molar-refractivity contribution in [1.29, 1.82) is 0 Å². The Morgan fingerprint density at radius 2 is 1.61 bits per heavy atom. The van der Waals surface area contributed by atoms with Gasteiger partial charge < -0.3 is 20.1 Å². The van der Waals surface area contributed by atoms with Crippen LogP contribution < -0.4 is 5.73 Å². The van der Waals surface area contributed by atoms with Crippen molar-refractivity contribution in [2.45, 2.75) is 26.1 Å². The molecule has 0 bridgehead atoms. The Bertz CT molecular complexity index is 1100. The Kier molecular flexibility index (Phi) is 5.32. The van der Waals surface area contributed by atoms with E-state index in [0.717, 1.165) is 0 Å². The number of hydrogen-bond acceptors (Lipinski definition) is 7. The number of anilines is 1. The molecule has 0 radical (unpaired) electrons. The third-order valence-corrected chi connectivity index (χ3v) is 5.45. The quantitative estimate of drug-likeness (QED) is 0.506. The molecule has 1 aliphatic carbocycles. The highest BCUT2D eigenvalue weighted by Crippen LogP contribution is 2.32. The Labute approximate surface area is 178 Å². The highest BCUT2D eigenvalue weighted by Gasteiger charge is 2.33. The second-order valence-electron chi connectivity index (χ2n) is 7.79. The Balaban J connectivity index is 1.53. The molecule has 1 aliphatic heterocycles. The lowest BCUT2D eigenvalue weighted by Gasteiger charge is -2.35. The molecule has 31 heavy (non-hydrogen) atoms. The zero-order valence-electron chi connectivity index (χ0n) is 17.2. The number of fused-ring (bicyclic) bond motifs is 2.